The van der Waals surface area contributed by atoms with Crippen molar-refractivity contribution in [3.8, 4) is 5.75 Å². The summed E-state index contributed by atoms with van der Waals surface area (Å²) in [7, 11) is 3.21. The average Bonchev–Trinajstić information content (AvgIpc) is 2.94. The summed E-state index contributed by atoms with van der Waals surface area (Å²) >= 11 is 5.96. The van der Waals surface area contributed by atoms with Crippen molar-refractivity contribution in [1.82, 2.24) is 9.13 Å². The molecule has 2 aromatic heterocycles. The van der Waals surface area contributed by atoms with Gasteiger partial charge in [-0.25, -0.2) is 0 Å². The number of hydrogen-bond acceptors (Lipinski definition) is 3. The molecule has 0 bridgehead atoms. The van der Waals surface area contributed by atoms with E-state index in [1.807, 2.05) is 6.07 Å². The second-order valence-corrected chi connectivity index (χ2v) is 5.80. The number of hydrogen-bond donors (Lipinski definition) is 1. The Morgan fingerprint density at radius 2 is 2.04 bits per heavy atom. The summed E-state index contributed by atoms with van der Waals surface area (Å²) < 4.78 is 8.44. The van der Waals surface area contributed by atoms with Crippen LogP contribution in [0.3, 0.4) is 0 Å². The Balaban J connectivity index is 1.85. The minimum Gasteiger partial charge on any atom is -0.495 e. The van der Waals surface area contributed by atoms with E-state index in [1.54, 1.807) is 48.3 Å². The van der Waals surface area contributed by atoms with Gasteiger partial charge in [-0.05, 0) is 30.3 Å². The van der Waals surface area contributed by atoms with Crippen molar-refractivity contribution >= 4 is 34.1 Å². The Kier molecular flexibility index (Phi) is 4.31. The standard InChI is InChI=1S/C17H16ClN3O3/c1-20-7-6-14-12(17(20)23)5-8-21(14)10-16(22)19-13-9-11(18)3-4-15(13)24-2/h3-9H,10H2,1-2H3,(H,19,22). The van der Waals surface area contributed by atoms with E-state index in [0.29, 0.717) is 27.4 Å². The van der Waals surface area contributed by atoms with Crippen LogP contribution >= 0.6 is 11.6 Å². The fraction of sp³-hybridized carbons (Fsp3) is 0.176. The van der Waals surface area contributed by atoms with Crippen molar-refractivity contribution in [2.75, 3.05) is 12.4 Å². The molecule has 3 aromatic rings. The van der Waals surface area contributed by atoms with Crippen molar-refractivity contribution in [2.24, 2.45) is 7.05 Å². The Labute approximate surface area is 143 Å². The van der Waals surface area contributed by atoms with Gasteiger partial charge >= 0.3 is 0 Å². The van der Waals surface area contributed by atoms with E-state index in [0.717, 1.165) is 0 Å². The Bertz CT molecular complexity index is 975. The lowest BCUT2D eigenvalue weighted by molar-refractivity contribution is -0.116. The second kappa shape index (κ2) is 6.41. The zero-order chi connectivity index (χ0) is 17.3. The number of aromatic nitrogens is 2. The zero-order valence-electron chi connectivity index (χ0n) is 13.2. The van der Waals surface area contributed by atoms with Gasteiger partial charge in [-0.3, -0.25) is 9.59 Å². The largest absolute Gasteiger partial charge is 0.495 e. The van der Waals surface area contributed by atoms with Gasteiger partial charge in [-0.15, -0.1) is 0 Å². The lowest BCUT2D eigenvalue weighted by atomic mass is 10.3. The molecule has 0 saturated carbocycles. The molecule has 1 N–H and O–H groups in total. The highest BCUT2D eigenvalue weighted by atomic mass is 35.5. The minimum absolute atomic E-state index is 0.0757. The van der Waals surface area contributed by atoms with Crippen LogP contribution in [-0.4, -0.2) is 22.2 Å². The first-order valence-electron chi connectivity index (χ1n) is 7.27. The van der Waals surface area contributed by atoms with Gasteiger partial charge in [-0.2, -0.15) is 0 Å². The number of nitrogens with zero attached hydrogens (tertiary/aromatic N) is 2. The molecule has 1 aromatic carbocycles. The average molecular weight is 346 g/mol. The van der Waals surface area contributed by atoms with Crippen molar-refractivity contribution < 1.29 is 9.53 Å². The fourth-order valence-electron chi connectivity index (χ4n) is 2.55. The number of carbonyl (C=O) groups excluding carboxylic acids is 1. The van der Waals surface area contributed by atoms with Gasteiger partial charge in [0.05, 0.1) is 23.7 Å². The number of aryl methyl sites for hydroxylation is 1. The van der Waals surface area contributed by atoms with Gasteiger partial charge in [-0.1, -0.05) is 11.6 Å². The molecule has 24 heavy (non-hydrogen) atoms. The highest BCUT2D eigenvalue weighted by Crippen LogP contribution is 2.27. The number of benzene rings is 1. The van der Waals surface area contributed by atoms with Crippen molar-refractivity contribution in [3.63, 3.8) is 0 Å². The monoisotopic (exact) mass is 345 g/mol. The minimum atomic E-state index is -0.242. The number of nitrogens with one attached hydrogen (secondary N) is 1. The molecule has 0 spiro atoms. The summed E-state index contributed by atoms with van der Waals surface area (Å²) in [4.78, 5) is 24.4. The summed E-state index contributed by atoms with van der Waals surface area (Å²) in [5, 5.41) is 3.86. The molecule has 0 radical (unpaired) electrons. The number of pyridine rings is 1. The summed E-state index contributed by atoms with van der Waals surface area (Å²) in [6.07, 6.45) is 3.40. The first-order chi connectivity index (χ1) is 11.5. The van der Waals surface area contributed by atoms with Gasteiger partial charge in [0.15, 0.2) is 0 Å². The number of amides is 1. The summed E-state index contributed by atoms with van der Waals surface area (Å²) in [5.74, 6) is 0.285. The highest BCUT2D eigenvalue weighted by molar-refractivity contribution is 6.31. The van der Waals surface area contributed by atoms with Crippen LogP contribution in [0.4, 0.5) is 5.69 Å². The lowest BCUT2D eigenvalue weighted by Gasteiger charge is -2.11. The Morgan fingerprint density at radius 1 is 1.25 bits per heavy atom. The van der Waals surface area contributed by atoms with Crippen LogP contribution in [0.15, 0.2) is 47.5 Å². The SMILES string of the molecule is COc1ccc(Cl)cc1NC(=O)Cn1ccc2c(=O)n(C)ccc21. The molecule has 0 aliphatic carbocycles. The third-order valence-electron chi connectivity index (χ3n) is 3.76. The number of anilines is 1. The number of methoxy groups -OCH3 is 1. The van der Waals surface area contributed by atoms with Crippen LogP contribution in [0.1, 0.15) is 0 Å². The van der Waals surface area contributed by atoms with E-state index >= 15 is 0 Å². The lowest BCUT2D eigenvalue weighted by Crippen LogP contribution is -2.19. The van der Waals surface area contributed by atoms with Gasteiger partial charge in [0.25, 0.3) is 5.56 Å². The molecular weight excluding hydrogens is 330 g/mol. The quantitative estimate of drug-likeness (QED) is 0.790. The van der Waals surface area contributed by atoms with Crippen molar-refractivity contribution in [2.45, 2.75) is 6.54 Å². The topological polar surface area (TPSA) is 65.3 Å². The van der Waals surface area contributed by atoms with Gasteiger partial charge in [0.2, 0.25) is 5.91 Å². The Hall–Kier alpha value is -2.73. The number of ether oxygens (including phenoxy) is 1. The summed E-state index contributed by atoms with van der Waals surface area (Å²) in [6, 6.07) is 8.52. The van der Waals surface area contributed by atoms with Crippen LogP contribution in [0, 0.1) is 0 Å². The van der Waals surface area contributed by atoms with E-state index in [4.69, 9.17) is 16.3 Å². The molecule has 0 saturated heterocycles. The van der Waals surface area contributed by atoms with E-state index in [1.165, 1.54) is 11.7 Å². The molecule has 0 aliphatic heterocycles. The molecule has 2 heterocycles. The van der Waals surface area contributed by atoms with Crippen molar-refractivity contribution in [3.05, 3.63) is 58.1 Å². The van der Waals surface area contributed by atoms with E-state index < -0.39 is 0 Å². The van der Waals surface area contributed by atoms with Gasteiger partial charge in [0.1, 0.15) is 12.3 Å². The first kappa shape index (κ1) is 16.1. The fourth-order valence-corrected chi connectivity index (χ4v) is 2.72. The molecule has 1 amide bonds. The van der Waals surface area contributed by atoms with Gasteiger partial charge in [0, 0.05) is 24.5 Å². The molecule has 7 heteroatoms. The Morgan fingerprint density at radius 3 is 2.79 bits per heavy atom. The summed E-state index contributed by atoms with van der Waals surface area (Å²) in [6.45, 7) is 0.0757. The molecular formula is C17H16ClN3O3. The van der Waals surface area contributed by atoms with Crippen molar-refractivity contribution in [1.29, 1.82) is 0 Å². The maximum atomic E-state index is 12.3. The molecule has 6 nitrogen and oxygen atoms in total. The van der Waals surface area contributed by atoms with Crippen LogP contribution in [0.5, 0.6) is 5.75 Å². The molecule has 0 aliphatic rings. The maximum Gasteiger partial charge on any atom is 0.259 e. The molecule has 124 valence electrons. The normalized spacial score (nSPS) is 10.8. The zero-order valence-corrected chi connectivity index (χ0v) is 14.0. The first-order valence-corrected chi connectivity index (χ1v) is 7.65. The van der Waals surface area contributed by atoms with E-state index in [2.05, 4.69) is 5.32 Å². The third-order valence-corrected chi connectivity index (χ3v) is 4.00. The number of fused-ring (bicyclic) bond motifs is 1. The summed E-state index contributed by atoms with van der Waals surface area (Å²) in [5.41, 5.74) is 1.12. The van der Waals surface area contributed by atoms with Crippen LogP contribution in [-0.2, 0) is 18.4 Å². The second-order valence-electron chi connectivity index (χ2n) is 5.37. The predicted octanol–water partition coefficient (Wildman–Crippen LogP) is 2.64. The number of rotatable bonds is 4. The predicted molar refractivity (Wildman–Crippen MR) is 93.8 cm³/mol. The number of carbonyl (C=O) groups is 1. The highest BCUT2D eigenvalue weighted by Gasteiger charge is 2.11. The van der Waals surface area contributed by atoms with Crippen LogP contribution < -0.4 is 15.6 Å². The smallest absolute Gasteiger partial charge is 0.259 e. The van der Waals surface area contributed by atoms with Crippen LogP contribution in [0.2, 0.25) is 5.02 Å². The maximum absolute atomic E-state index is 12.3. The van der Waals surface area contributed by atoms with Crippen LogP contribution in [0.25, 0.3) is 10.9 Å². The van der Waals surface area contributed by atoms with E-state index in [9.17, 15) is 9.59 Å². The molecule has 0 fully saturated rings. The van der Waals surface area contributed by atoms with Gasteiger partial charge < -0.3 is 19.2 Å². The molecule has 0 unspecified atom stereocenters. The van der Waals surface area contributed by atoms with E-state index in [-0.39, 0.29) is 18.0 Å². The third kappa shape index (κ3) is 3.00. The number of halogens is 1. The molecule has 0 atom stereocenters. The molecule has 3 rings (SSSR count).